The number of nitrogens with zero attached hydrogens (tertiary/aromatic N) is 1. The lowest BCUT2D eigenvalue weighted by atomic mass is 10.2. The molecule has 5 heteroatoms. The number of carbonyl (C=O) groups excluding carboxylic acids is 1. The number of ether oxygens (including phenoxy) is 1. The Morgan fingerprint density at radius 3 is 2.76 bits per heavy atom. The van der Waals surface area contributed by atoms with Gasteiger partial charge in [-0.1, -0.05) is 6.07 Å². The van der Waals surface area contributed by atoms with Gasteiger partial charge in [-0.3, -0.25) is 0 Å². The SMILES string of the molecule is Cc1ccc(NC(=O)N2CCOCC2)cc1N. The highest BCUT2D eigenvalue weighted by Gasteiger charge is 2.16. The first kappa shape index (κ1) is 11.7. The number of aryl methyl sites for hydroxylation is 1. The van der Waals surface area contributed by atoms with Gasteiger partial charge in [0.25, 0.3) is 0 Å². The maximum atomic E-state index is 11.9. The minimum Gasteiger partial charge on any atom is -0.398 e. The van der Waals surface area contributed by atoms with Crippen LogP contribution in [0.4, 0.5) is 16.2 Å². The summed E-state index contributed by atoms with van der Waals surface area (Å²) in [4.78, 5) is 13.6. The highest BCUT2D eigenvalue weighted by Crippen LogP contribution is 2.17. The number of nitrogens with one attached hydrogen (secondary N) is 1. The summed E-state index contributed by atoms with van der Waals surface area (Å²) >= 11 is 0. The van der Waals surface area contributed by atoms with Crippen LogP contribution < -0.4 is 11.1 Å². The van der Waals surface area contributed by atoms with Crippen molar-refractivity contribution in [1.82, 2.24) is 4.90 Å². The molecule has 1 aliphatic heterocycles. The molecule has 3 N–H and O–H groups in total. The van der Waals surface area contributed by atoms with Crippen LogP contribution in [0.5, 0.6) is 0 Å². The van der Waals surface area contributed by atoms with E-state index in [9.17, 15) is 4.79 Å². The Bertz CT molecular complexity index is 414. The van der Waals surface area contributed by atoms with Crippen molar-refractivity contribution in [3.05, 3.63) is 23.8 Å². The van der Waals surface area contributed by atoms with Crippen LogP contribution in [0.3, 0.4) is 0 Å². The van der Waals surface area contributed by atoms with Gasteiger partial charge in [0.15, 0.2) is 0 Å². The standard InChI is InChI=1S/C12H17N3O2/c1-9-2-3-10(8-11(9)13)14-12(16)15-4-6-17-7-5-15/h2-3,8H,4-7,13H2,1H3,(H,14,16). The van der Waals surface area contributed by atoms with E-state index in [1.807, 2.05) is 19.1 Å². The first-order valence-corrected chi connectivity index (χ1v) is 5.66. The summed E-state index contributed by atoms with van der Waals surface area (Å²) in [5.74, 6) is 0. The summed E-state index contributed by atoms with van der Waals surface area (Å²) < 4.78 is 5.19. The molecule has 17 heavy (non-hydrogen) atoms. The molecule has 5 nitrogen and oxygen atoms in total. The molecule has 2 rings (SSSR count). The summed E-state index contributed by atoms with van der Waals surface area (Å²) in [5, 5.41) is 2.83. The third-order valence-corrected chi connectivity index (χ3v) is 2.83. The van der Waals surface area contributed by atoms with E-state index in [1.54, 1.807) is 11.0 Å². The highest BCUT2D eigenvalue weighted by atomic mass is 16.5. The Balaban J connectivity index is 1.99. The normalized spacial score (nSPS) is 15.7. The van der Waals surface area contributed by atoms with E-state index in [2.05, 4.69) is 5.32 Å². The molecule has 0 bridgehead atoms. The van der Waals surface area contributed by atoms with E-state index in [0.717, 1.165) is 11.3 Å². The average Bonchev–Trinajstić information content (AvgIpc) is 2.35. The van der Waals surface area contributed by atoms with E-state index in [4.69, 9.17) is 10.5 Å². The molecule has 0 atom stereocenters. The van der Waals surface area contributed by atoms with Crippen LogP contribution in [0.25, 0.3) is 0 Å². The van der Waals surface area contributed by atoms with E-state index >= 15 is 0 Å². The number of amides is 2. The van der Waals surface area contributed by atoms with Gasteiger partial charge in [0.2, 0.25) is 0 Å². The maximum Gasteiger partial charge on any atom is 0.322 e. The number of morpholine rings is 1. The van der Waals surface area contributed by atoms with Gasteiger partial charge in [-0.2, -0.15) is 0 Å². The van der Waals surface area contributed by atoms with Crippen molar-refractivity contribution < 1.29 is 9.53 Å². The maximum absolute atomic E-state index is 11.9. The highest BCUT2D eigenvalue weighted by molar-refractivity contribution is 5.90. The Labute approximate surface area is 101 Å². The van der Waals surface area contributed by atoms with E-state index < -0.39 is 0 Å². The second-order valence-electron chi connectivity index (χ2n) is 4.10. The molecule has 0 aromatic heterocycles. The first-order chi connectivity index (χ1) is 8.16. The number of benzene rings is 1. The van der Waals surface area contributed by atoms with Crippen LogP contribution in [-0.4, -0.2) is 37.2 Å². The molecule has 0 aliphatic carbocycles. The first-order valence-electron chi connectivity index (χ1n) is 5.66. The second kappa shape index (κ2) is 5.05. The molecular weight excluding hydrogens is 218 g/mol. The minimum absolute atomic E-state index is 0.100. The molecule has 0 unspecified atom stereocenters. The number of nitrogens with two attached hydrogens (primary N) is 1. The smallest absolute Gasteiger partial charge is 0.322 e. The van der Waals surface area contributed by atoms with Crippen molar-refractivity contribution in [2.24, 2.45) is 0 Å². The summed E-state index contributed by atoms with van der Waals surface area (Å²) in [5.41, 5.74) is 8.21. The van der Waals surface area contributed by atoms with Gasteiger partial charge < -0.3 is 20.7 Å². The fourth-order valence-corrected chi connectivity index (χ4v) is 1.69. The zero-order valence-electron chi connectivity index (χ0n) is 9.90. The largest absolute Gasteiger partial charge is 0.398 e. The van der Waals surface area contributed by atoms with Crippen LogP contribution in [0.15, 0.2) is 18.2 Å². The molecule has 1 saturated heterocycles. The molecule has 1 aromatic rings. The van der Waals surface area contributed by atoms with Crippen LogP contribution in [-0.2, 0) is 4.74 Å². The molecule has 0 saturated carbocycles. The minimum atomic E-state index is -0.100. The van der Waals surface area contributed by atoms with Gasteiger partial charge in [0.05, 0.1) is 13.2 Å². The molecule has 1 fully saturated rings. The Kier molecular flexibility index (Phi) is 3.49. The number of urea groups is 1. The third kappa shape index (κ3) is 2.88. The number of hydrogen-bond donors (Lipinski definition) is 2. The molecule has 1 heterocycles. The lowest BCUT2D eigenvalue weighted by molar-refractivity contribution is 0.0564. The molecule has 1 aliphatic rings. The van der Waals surface area contributed by atoms with Crippen LogP contribution in [0, 0.1) is 6.92 Å². The number of carbonyl (C=O) groups is 1. The Hall–Kier alpha value is -1.75. The lowest BCUT2D eigenvalue weighted by Crippen LogP contribution is -2.43. The predicted octanol–water partition coefficient (Wildman–Crippen LogP) is 1.44. The number of hydrogen-bond acceptors (Lipinski definition) is 3. The van der Waals surface area contributed by atoms with Crippen LogP contribution in [0.2, 0.25) is 0 Å². The Morgan fingerprint density at radius 1 is 1.41 bits per heavy atom. The van der Waals surface area contributed by atoms with E-state index in [-0.39, 0.29) is 6.03 Å². The third-order valence-electron chi connectivity index (χ3n) is 2.83. The quantitative estimate of drug-likeness (QED) is 0.724. The molecule has 2 amide bonds. The molecule has 0 radical (unpaired) electrons. The molecule has 1 aromatic carbocycles. The van der Waals surface area contributed by atoms with Gasteiger partial charge in [0, 0.05) is 24.5 Å². The topological polar surface area (TPSA) is 67.6 Å². The van der Waals surface area contributed by atoms with Crippen molar-refractivity contribution in [3.8, 4) is 0 Å². The van der Waals surface area contributed by atoms with Crippen molar-refractivity contribution in [3.63, 3.8) is 0 Å². The van der Waals surface area contributed by atoms with Gasteiger partial charge in [-0.05, 0) is 24.6 Å². The monoisotopic (exact) mass is 235 g/mol. The van der Waals surface area contributed by atoms with Gasteiger partial charge in [-0.25, -0.2) is 4.79 Å². The summed E-state index contributed by atoms with van der Waals surface area (Å²) in [6, 6.07) is 5.42. The molecular formula is C12H17N3O2. The zero-order valence-corrected chi connectivity index (χ0v) is 9.90. The van der Waals surface area contributed by atoms with E-state index in [1.165, 1.54) is 0 Å². The van der Waals surface area contributed by atoms with Gasteiger partial charge >= 0.3 is 6.03 Å². The number of rotatable bonds is 1. The number of nitrogen functional groups attached to an aromatic ring is 1. The van der Waals surface area contributed by atoms with Crippen molar-refractivity contribution in [2.45, 2.75) is 6.92 Å². The van der Waals surface area contributed by atoms with Crippen molar-refractivity contribution in [2.75, 3.05) is 37.4 Å². The summed E-state index contributed by atoms with van der Waals surface area (Å²) in [7, 11) is 0. The Morgan fingerprint density at radius 2 is 2.12 bits per heavy atom. The fraction of sp³-hybridized carbons (Fsp3) is 0.417. The van der Waals surface area contributed by atoms with Crippen LogP contribution >= 0.6 is 0 Å². The van der Waals surface area contributed by atoms with Gasteiger partial charge in [0.1, 0.15) is 0 Å². The number of anilines is 2. The summed E-state index contributed by atoms with van der Waals surface area (Å²) in [6.07, 6.45) is 0. The second-order valence-corrected chi connectivity index (χ2v) is 4.10. The fourth-order valence-electron chi connectivity index (χ4n) is 1.69. The zero-order chi connectivity index (χ0) is 12.3. The van der Waals surface area contributed by atoms with Crippen molar-refractivity contribution >= 4 is 17.4 Å². The lowest BCUT2D eigenvalue weighted by Gasteiger charge is -2.27. The molecule has 92 valence electrons. The molecule has 0 spiro atoms. The van der Waals surface area contributed by atoms with Gasteiger partial charge in [-0.15, -0.1) is 0 Å². The predicted molar refractivity (Wildman–Crippen MR) is 67.0 cm³/mol. The van der Waals surface area contributed by atoms with Crippen molar-refractivity contribution in [1.29, 1.82) is 0 Å². The van der Waals surface area contributed by atoms with E-state index in [0.29, 0.717) is 32.0 Å². The summed E-state index contributed by atoms with van der Waals surface area (Å²) in [6.45, 7) is 4.40. The van der Waals surface area contributed by atoms with Crippen LogP contribution in [0.1, 0.15) is 5.56 Å². The average molecular weight is 235 g/mol.